The number of halogens is 2. The van der Waals surface area contributed by atoms with Gasteiger partial charge in [-0.15, -0.1) is 0 Å². The van der Waals surface area contributed by atoms with E-state index in [9.17, 15) is 18.8 Å². The van der Waals surface area contributed by atoms with Crippen molar-refractivity contribution in [3.8, 4) is 0 Å². The van der Waals surface area contributed by atoms with Gasteiger partial charge in [0.25, 0.3) is 17.4 Å². The minimum Gasteiger partial charge on any atom is -0.337 e. The van der Waals surface area contributed by atoms with E-state index in [2.05, 4.69) is 10.2 Å². The van der Waals surface area contributed by atoms with E-state index in [4.69, 9.17) is 11.6 Å². The van der Waals surface area contributed by atoms with Gasteiger partial charge in [0.2, 0.25) is 0 Å². The van der Waals surface area contributed by atoms with Gasteiger partial charge in [0.15, 0.2) is 0 Å². The van der Waals surface area contributed by atoms with E-state index in [1.54, 1.807) is 4.90 Å². The molecule has 0 atom stereocenters. The molecule has 1 aromatic heterocycles. The molecule has 0 aliphatic carbocycles. The van der Waals surface area contributed by atoms with Crippen molar-refractivity contribution in [2.75, 3.05) is 26.2 Å². The van der Waals surface area contributed by atoms with Crippen LogP contribution in [0, 0.1) is 5.82 Å². The molecular weight excluding hydrogens is 363 g/mol. The number of hydrogen-bond donors (Lipinski definition) is 1. The summed E-state index contributed by atoms with van der Waals surface area (Å²) in [7, 11) is 0. The highest BCUT2D eigenvalue weighted by atomic mass is 35.5. The number of rotatable bonds is 2. The maximum Gasteiger partial charge on any atom is 0.274 e. The Morgan fingerprint density at radius 3 is 2.35 bits per heavy atom. The monoisotopic (exact) mass is 378 g/mol. The molecule has 0 unspecified atom stereocenters. The standard InChI is InChI=1S/C17H16ClFN4O3/c18-11-3-1-4-12(19)15(11)17(26)23-8-2-7-22(9-10-23)16(25)13-5-6-14(24)21-20-13/h1,3-6H,2,7-10H2,(H,21,24). The van der Waals surface area contributed by atoms with Crippen LogP contribution in [0.2, 0.25) is 5.02 Å². The summed E-state index contributed by atoms with van der Waals surface area (Å²) < 4.78 is 14.0. The predicted octanol–water partition coefficient (Wildman–Crippen LogP) is 1.55. The van der Waals surface area contributed by atoms with Crippen molar-refractivity contribution in [2.24, 2.45) is 0 Å². The van der Waals surface area contributed by atoms with E-state index in [1.807, 2.05) is 0 Å². The minimum atomic E-state index is -0.669. The number of amides is 2. The van der Waals surface area contributed by atoms with Crippen LogP contribution in [0.3, 0.4) is 0 Å². The summed E-state index contributed by atoms with van der Waals surface area (Å²) >= 11 is 5.97. The van der Waals surface area contributed by atoms with Crippen molar-refractivity contribution in [1.29, 1.82) is 0 Å². The first-order chi connectivity index (χ1) is 12.5. The van der Waals surface area contributed by atoms with Gasteiger partial charge in [0, 0.05) is 32.2 Å². The first kappa shape index (κ1) is 18.1. The lowest BCUT2D eigenvalue weighted by Crippen LogP contribution is -2.38. The van der Waals surface area contributed by atoms with Crippen LogP contribution in [0.25, 0.3) is 0 Å². The smallest absolute Gasteiger partial charge is 0.274 e. The molecule has 9 heteroatoms. The van der Waals surface area contributed by atoms with Crippen LogP contribution < -0.4 is 5.56 Å². The number of H-pyrrole nitrogens is 1. The van der Waals surface area contributed by atoms with E-state index in [-0.39, 0.29) is 35.3 Å². The van der Waals surface area contributed by atoms with Gasteiger partial charge < -0.3 is 9.80 Å². The van der Waals surface area contributed by atoms with Crippen molar-refractivity contribution < 1.29 is 14.0 Å². The predicted molar refractivity (Wildman–Crippen MR) is 92.7 cm³/mol. The lowest BCUT2D eigenvalue weighted by Gasteiger charge is -2.22. The van der Waals surface area contributed by atoms with Gasteiger partial charge in [-0.2, -0.15) is 5.10 Å². The van der Waals surface area contributed by atoms with Gasteiger partial charge in [-0.05, 0) is 24.6 Å². The maximum atomic E-state index is 14.0. The van der Waals surface area contributed by atoms with Crippen LogP contribution >= 0.6 is 11.6 Å². The Labute approximate surface area is 153 Å². The molecule has 0 radical (unpaired) electrons. The SMILES string of the molecule is O=C(c1ccc(=O)[nH]n1)N1CCCN(C(=O)c2c(F)cccc2Cl)CC1. The van der Waals surface area contributed by atoms with Gasteiger partial charge >= 0.3 is 0 Å². The molecular formula is C17H16ClFN4O3. The third-order valence-electron chi connectivity index (χ3n) is 4.15. The summed E-state index contributed by atoms with van der Waals surface area (Å²) in [6.45, 7) is 1.33. The topological polar surface area (TPSA) is 86.4 Å². The molecule has 1 saturated heterocycles. The Balaban J connectivity index is 1.72. The molecule has 1 aromatic carbocycles. The van der Waals surface area contributed by atoms with Crippen LogP contribution in [-0.4, -0.2) is 58.0 Å². The summed E-state index contributed by atoms with van der Waals surface area (Å²) in [6.07, 6.45) is 0.535. The Bertz CT molecular complexity index is 861. The lowest BCUT2D eigenvalue weighted by atomic mass is 10.1. The second-order valence-electron chi connectivity index (χ2n) is 5.84. The molecule has 1 aliphatic rings. The molecule has 2 amide bonds. The van der Waals surface area contributed by atoms with Gasteiger partial charge in [0.05, 0.1) is 10.6 Å². The molecule has 1 fully saturated rings. The van der Waals surface area contributed by atoms with Crippen LogP contribution in [0.15, 0.2) is 35.1 Å². The van der Waals surface area contributed by atoms with E-state index < -0.39 is 17.3 Å². The number of nitrogens with one attached hydrogen (secondary N) is 1. The molecule has 0 saturated carbocycles. The summed E-state index contributed by atoms with van der Waals surface area (Å²) in [5, 5.41) is 6.02. The van der Waals surface area contributed by atoms with Crippen LogP contribution in [0.5, 0.6) is 0 Å². The average Bonchev–Trinajstić information content (AvgIpc) is 2.87. The van der Waals surface area contributed by atoms with Crippen molar-refractivity contribution in [2.45, 2.75) is 6.42 Å². The van der Waals surface area contributed by atoms with Crippen molar-refractivity contribution >= 4 is 23.4 Å². The van der Waals surface area contributed by atoms with E-state index >= 15 is 0 Å². The fourth-order valence-electron chi connectivity index (χ4n) is 2.81. The number of aromatic amines is 1. The highest BCUT2D eigenvalue weighted by Gasteiger charge is 2.26. The Hall–Kier alpha value is -2.74. The highest BCUT2D eigenvalue weighted by Crippen LogP contribution is 2.21. The Kier molecular flexibility index (Phi) is 5.32. The summed E-state index contributed by atoms with van der Waals surface area (Å²) in [5.41, 5.74) is -0.422. The largest absolute Gasteiger partial charge is 0.337 e. The number of carbonyl (C=O) groups is 2. The number of nitrogens with zero attached hydrogens (tertiary/aromatic N) is 3. The highest BCUT2D eigenvalue weighted by molar-refractivity contribution is 6.33. The second kappa shape index (κ2) is 7.65. The molecule has 2 heterocycles. The normalized spacial score (nSPS) is 14.8. The lowest BCUT2D eigenvalue weighted by molar-refractivity contribution is 0.0712. The average molecular weight is 379 g/mol. The molecule has 0 spiro atoms. The molecule has 2 aromatic rings. The molecule has 136 valence electrons. The van der Waals surface area contributed by atoms with E-state index in [0.29, 0.717) is 19.5 Å². The van der Waals surface area contributed by atoms with Gasteiger partial charge in [-0.3, -0.25) is 14.4 Å². The fourth-order valence-corrected chi connectivity index (χ4v) is 3.05. The third kappa shape index (κ3) is 3.75. The van der Waals surface area contributed by atoms with Gasteiger partial charge in [-0.1, -0.05) is 17.7 Å². The molecule has 0 bridgehead atoms. The summed E-state index contributed by atoms with van der Waals surface area (Å²) in [4.78, 5) is 39.2. The van der Waals surface area contributed by atoms with Gasteiger partial charge in [0.1, 0.15) is 11.5 Å². The van der Waals surface area contributed by atoms with Gasteiger partial charge in [-0.25, -0.2) is 9.49 Å². The second-order valence-corrected chi connectivity index (χ2v) is 6.25. The van der Waals surface area contributed by atoms with E-state index in [1.165, 1.54) is 35.2 Å². The third-order valence-corrected chi connectivity index (χ3v) is 4.46. The zero-order valence-electron chi connectivity index (χ0n) is 13.7. The summed E-state index contributed by atoms with van der Waals surface area (Å²) in [5.74, 6) is -1.50. The van der Waals surface area contributed by atoms with Crippen LogP contribution in [0.1, 0.15) is 27.3 Å². The first-order valence-corrected chi connectivity index (χ1v) is 8.43. The van der Waals surface area contributed by atoms with Crippen molar-refractivity contribution in [3.63, 3.8) is 0 Å². The summed E-state index contributed by atoms with van der Waals surface area (Å²) in [6, 6.07) is 6.68. The fraction of sp³-hybridized carbons (Fsp3) is 0.294. The Morgan fingerprint density at radius 2 is 1.73 bits per heavy atom. The molecule has 1 N–H and O–H groups in total. The number of benzene rings is 1. The van der Waals surface area contributed by atoms with Crippen molar-refractivity contribution in [3.05, 3.63) is 62.8 Å². The number of aromatic nitrogens is 2. The minimum absolute atomic E-state index is 0.0598. The number of carbonyl (C=O) groups excluding carboxylic acids is 2. The zero-order chi connectivity index (χ0) is 18.7. The first-order valence-electron chi connectivity index (χ1n) is 8.05. The molecule has 3 rings (SSSR count). The maximum absolute atomic E-state index is 14.0. The Morgan fingerprint density at radius 1 is 1.04 bits per heavy atom. The van der Waals surface area contributed by atoms with Crippen molar-refractivity contribution in [1.82, 2.24) is 20.0 Å². The number of hydrogen-bond acceptors (Lipinski definition) is 4. The zero-order valence-corrected chi connectivity index (χ0v) is 14.5. The quantitative estimate of drug-likeness (QED) is 0.859. The molecule has 1 aliphatic heterocycles. The van der Waals surface area contributed by atoms with Crippen LogP contribution in [0.4, 0.5) is 4.39 Å². The molecule has 26 heavy (non-hydrogen) atoms. The van der Waals surface area contributed by atoms with E-state index in [0.717, 1.165) is 0 Å². The molecule has 7 nitrogen and oxygen atoms in total. The van der Waals surface area contributed by atoms with Crippen LogP contribution in [-0.2, 0) is 0 Å².